The van der Waals surface area contributed by atoms with E-state index in [2.05, 4.69) is 58.7 Å². The van der Waals surface area contributed by atoms with Crippen LogP contribution < -0.4 is 10.6 Å². The highest BCUT2D eigenvalue weighted by Gasteiger charge is 2.11. The number of nitrogens with zero attached hydrogens (tertiary/aromatic N) is 2. The van der Waals surface area contributed by atoms with E-state index in [1.807, 2.05) is 29.6 Å². The Hall–Kier alpha value is -2.75. The third-order valence-corrected chi connectivity index (χ3v) is 7.27. The second kappa shape index (κ2) is 10.2. The summed E-state index contributed by atoms with van der Waals surface area (Å²) in [6, 6.07) is 16.0. The molecule has 2 amide bonds. The lowest BCUT2D eigenvalue weighted by Crippen LogP contribution is -2.18. The summed E-state index contributed by atoms with van der Waals surface area (Å²) in [5.41, 5.74) is 4.00. The van der Waals surface area contributed by atoms with E-state index in [1.165, 1.54) is 40.0 Å². The van der Waals surface area contributed by atoms with Gasteiger partial charge in [-0.2, -0.15) is 0 Å². The fourth-order valence-electron chi connectivity index (χ4n) is 2.98. The first-order valence-corrected chi connectivity index (χ1v) is 12.9. The molecule has 0 bridgehead atoms. The van der Waals surface area contributed by atoms with Crippen molar-refractivity contribution in [1.82, 2.24) is 9.97 Å². The molecule has 2 heterocycles. The van der Waals surface area contributed by atoms with Crippen molar-refractivity contribution >= 4 is 66.7 Å². The zero-order valence-electron chi connectivity index (χ0n) is 17.6. The number of benzene rings is 2. The first-order chi connectivity index (χ1) is 15.5. The summed E-state index contributed by atoms with van der Waals surface area (Å²) in [5.74, 6) is 0.470. The van der Waals surface area contributed by atoms with Crippen LogP contribution in [0.2, 0.25) is 0 Å². The van der Waals surface area contributed by atoms with Crippen molar-refractivity contribution in [2.45, 2.75) is 19.8 Å². The first kappa shape index (κ1) is 22.4. The van der Waals surface area contributed by atoms with Gasteiger partial charge in [-0.15, -0.1) is 23.1 Å². The van der Waals surface area contributed by atoms with Crippen molar-refractivity contribution in [3.05, 3.63) is 59.5 Å². The van der Waals surface area contributed by atoms with E-state index in [-0.39, 0.29) is 23.3 Å². The molecular formula is C23H22N4O2S3. The van der Waals surface area contributed by atoms with Crippen LogP contribution >= 0.6 is 34.4 Å². The van der Waals surface area contributed by atoms with E-state index < -0.39 is 0 Å². The number of thioether (sulfide) groups is 1. The second-order valence-electron chi connectivity index (χ2n) is 7.39. The highest BCUT2D eigenvalue weighted by Crippen LogP contribution is 2.27. The van der Waals surface area contributed by atoms with E-state index in [0.29, 0.717) is 16.2 Å². The van der Waals surface area contributed by atoms with Gasteiger partial charge in [0.15, 0.2) is 10.3 Å². The number of nitrogens with one attached hydrogen (secondary N) is 2. The van der Waals surface area contributed by atoms with Gasteiger partial charge in [0, 0.05) is 10.9 Å². The van der Waals surface area contributed by atoms with Crippen molar-refractivity contribution in [2.75, 3.05) is 22.1 Å². The number of para-hydroxylation sites is 1. The number of fused-ring (bicyclic) bond motifs is 1. The van der Waals surface area contributed by atoms with Crippen LogP contribution in [0.4, 0.5) is 10.3 Å². The fraction of sp³-hybridized carbons (Fsp3) is 0.217. The van der Waals surface area contributed by atoms with Gasteiger partial charge in [-0.1, -0.05) is 61.6 Å². The summed E-state index contributed by atoms with van der Waals surface area (Å²) in [5, 5.41) is 8.65. The molecule has 2 aromatic carbocycles. The first-order valence-electron chi connectivity index (χ1n) is 10.1. The number of rotatable bonds is 8. The summed E-state index contributed by atoms with van der Waals surface area (Å²) in [6.45, 7) is 4.32. The average Bonchev–Trinajstić information content (AvgIpc) is 3.40. The van der Waals surface area contributed by atoms with Crippen molar-refractivity contribution in [1.29, 1.82) is 0 Å². The maximum Gasteiger partial charge on any atom is 0.236 e. The summed E-state index contributed by atoms with van der Waals surface area (Å²) in [6.07, 6.45) is 0. The Morgan fingerprint density at radius 1 is 0.938 bits per heavy atom. The molecular weight excluding hydrogens is 460 g/mol. The molecule has 0 saturated carbocycles. The lowest BCUT2D eigenvalue weighted by atomic mass is 10.0. The molecule has 0 aliphatic heterocycles. The summed E-state index contributed by atoms with van der Waals surface area (Å²) < 4.78 is 1.02. The second-order valence-corrected chi connectivity index (χ2v) is 10.3. The van der Waals surface area contributed by atoms with E-state index in [0.717, 1.165) is 21.5 Å². The molecule has 4 rings (SSSR count). The van der Waals surface area contributed by atoms with Gasteiger partial charge in [-0.05, 0) is 23.6 Å². The topological polar surface area (TPSA) is 84.0 Å². The summed E-state index contributed by atoms with van der Waals surface area (Å²) in [7, 11) is 0. The normalized spacial score (nSPS) is 11.1. The highest BCUT2D eigenvalue weighted by molar-refractivity contribution is 8.00. The number of aromatic nitrogens is 2. The standard InChI is InChI=1S/C23H22N4O2S3/c1-14(2)15-7-9-16(10-8-15)18-11-31-22(25-18)26-20(28)12-30-13-21(29)27-23-24-17-5-3-4-6-19(17)32-23/h3-11,14H,12-13H2,1-2H3,(H,24,27,29)(H,25,26,28). The number of carbonyl (C=O) groups is 2. The Balaban J connectivity index is 1.23. The van der Waals surface area contributed by atoms with Crippen LogP contribution in [-0.2, 0) is 9.59 Å². The van der Waals surface area contributed by atoms with Crippen LogP contribution in [0.25, 0.3) is 21.5 Å². The van der Waals surface area contributed by atoms with Crippen LogP contribution in [0.5, 0.6) is 0 Å². The largest absolute Gasteiger partial charge is 0.301 e. The molecule has 0 saturated heterocycles. The zero-order chi connectivity index (χ0) is 22.5. The molecule has 0 aliphatic rings. The minimum absolute atomic E-state index is 0.172. The van der Waals surface area contributed by atoms with Crippen LogP contribution in [0.3, 0.4) is 0 Å². The molecule has 0 fully saturated rings. The monoisotopic (exact) mass is 482 g/mol. The molecule has 0 spiro atoms. The maximum absolute atomic E-state index is 12.2. The number of anilines is 2. The van der Waals surface area contributed by atoms with Crippen molar-refractivity contribution in [2.24, 2.45) is 0 Å². The minimum Gasteiger partial charge on any atom is -0.301 e. The molecule has 0 aliphatic carbocycles. The molecule has 0 unspecified atom stereocenters. The number of hydrogen-bond acceptors (Lipinski definition) is 7. The number of thiazole rings is 2. The lowest BCUT2D eigenvalue weighted by molar-refractivity contribution is -0.114. The minimum atomic E-state index is -0.182. The Morgan fingerprint density at radius 3 is 2.31 bits per heavy atom. The van der Waals surface area contributed by atoms with Crippen LogP contribution in [0, 0.1) is 0 Å². The number of carbonyl (C=O) groups excluding carboxylic acids is 2. The van der Waals surface area contributed by atoms with Crippen molar-refractivity contribution < 1.29 is 9.59 Å². The van der Waals surface area contributed by atoms with E-state index in [9.17, 15) is 9.59 Å². The maximum atomic E-state index is 12.2. The molecule has 2 aromatic heterocycles. The average molecular weight is 483 g/mol. The van der Waals surface area contributed by atoms with Gasteiger partial charge in [0.25, 0.3) is 0 Å². The zero-order valence-corrected chi connectivity index (χ0v) is 20.1. The highest BCUT2D eigenvalue weighted by atomic mass is 32.2. The fourth-order valence-corrected chi connectivity index (χ4v) is 5.21. The Labute approximate surface area is 198 Å². The molecule has 32 heavy (non-hydrogen) atoms. The third kappa shape index (κ3) is 5.73. The molecule has 2 N–H and O–H groups in total. The summed E-state index contributed by atoms with van der Waals surface area (Å²) >= 11 is 4.07. The Morgan fingerprint density at radius 2 is 1.62 bits per heavy atom. The molecule has 6 nitrogen and oxygen atoms in total. The third-order valence-electron chi connectivity index (χ3n) is 4.63. The van der Waals surface area contributed by atoms with Gasteiger partial charge in [0.1, 0.15) is 0 Å². The molecule has 0 atom stereocenters. The predicted octanol–water partition coefficient (Wildman–Crippen LogP) is 5.85. The van der Waals surface area contributed by atoms with Gasteiger partial charge < -0.3 is 10.6 Å². The molecule has 0 radical (unpaired) electrons. The molecule has 4 aromatic rings. The van der Waals surface area contributed by atoms with E-state index in [1.54, 1.807) is 0 Å². The van der Waals surface area contributed by atoms with Gasteiger partial charge in [-0.3, -0.25) is 9.59 Å². The van der Waals surface area contributed by atoms with E-state index in [4.69, 9.17) is 0 Å². The van der Waals surface area contributed by atoms with Gasteiger partial charge in [-0.25, -0.2) is 9.97 Å². The van der Waals surface area contributed by atoms with Crippen LogP contribution in [0.15, 0.2) is 53.9 Å². The SMILES string of the molecule is CC(C)c1ccc(-c2csc(NC(=O)CSCC(=O)Nc3nc4ccccc4s3)n2)cc1. The predicted molar refractivity (Wildman–Crippen MR) is 136 cm³/mol. The van der Waals surface area contributed by atoms with E-state index >= 15 is 0 Å². The van der Waals surface area contributed by atoms with Crippen molar-refractivity contribution in [3.8, 4) is 11.3 Å². The lowest BCUT2D eigenvalue weighted by Gasteiger charge is -2.05. The van der Waals surface area contributed by atoms with Gasteiger partial charge in [0.2, 0.25) is 11.8 Å². The Kier molecular flexibility index (Phi) is 7.19. The smallest absolute Gasteiger partial charge is 0.236 e. The number of hydrogen-bond donors (Lipinski definition) is 2. The van der Waals surface area contributed by atoms with Gasteiger partial charge in [0.05, 0.1) is 27.4 Å². The summed E-state index contributed by atoms with van der Waals surface area (Å²) in [4.78, 5) is 33.3. The van der Waals surface area contributed by atoms with Crippen LogP contribution in [0.1, 0.15) is 25.3 Å². The Bertz CT molecular complexity index is 1200. The molecule has 9 heteroatoms. The molecule has 164 valence electrons. The van der Waals surface area contributed by atoms with Gasteiger partial charge >= 0.3 is 0 Å². The number of amides is 2. The van der Waals surface area contributed by atoms with Crippen molar-refractivity contribution in [3.63, 3.8) is 0 Å². The quantitative estimate of drug-likeness (QED) is 0.329. The van der Waals surface area contributed by atoms with Crippen LogP contribution in [-0.4, -0.2) is 33.3 Å².